The van der Waals surface area contributed by atoms with Crippen LogP contribution >= 0.6 is 42.0 Å². The summed E-state index contributed by atoms with van der Waals surface area (Å²) in [5.74, 6) is 0. The van der Waals surface area contributed by atoms with E-state index >= 15 is 0 Å². The van der Waals surface area contributed by atoms with E-state index in [1.807, 2.05) is 0 Å². The van der Waals surface area contributed by atoms with Gasteiger partial charge in [-0.1, -0.05) is 23.2 Å². The number of pyridine rings is 2. The van der Waals surface area contributed by atoms with E-state index in [-0.39, 0.29) is 0 Å². The first-order valence-electron chi connectivity index (χ1n) is 4.14. The van der Waals surface area contributed by atoms with Gasteiger partial charge in [-0.2, -0.15) is 0 Å². The molecule has 0 saturated heterocycles. The molecule has 0 aliphatic heterocycles. The van der Waals surface area contributed by atoms with E-state index < -0.39 is 16.5 Å². The maximum atomic E-state index is 5.48. The first kappa shape index (κ1) is 17.1. The fraction of sp³-hybridized carbons (Fsp3) is 0. The van der Waals surface area contributed by atoms with Crippen LogP contribution in [0, 0.1) is 0 Å². The Hall–Kier alpha value is 0.148. The topological polar surface area (TPSA) is 25.8 Å². The molecule has 0 fully saturated rings. The molecule has 0 aromatic carbocycles. The van der Waals surface area contributed by atoms with Crippen molar-refractivity contribution < 1.29 is 16.5 Å². The molecule has 0 spiro atoms. The van der Waals surface area contributed by atoms with Crippen LogP contribution in [0.1, 0.15) is 0 Å². The van der Waals surface area contributed by atoms with Crippen LogP contribution in [0.15, 0.2) is 49.1 Å². The molecule has 0 N–H and O–H groups in total. The summed E-state index contributed by atoms with van der Waals surface area (Å²) in [6.45, 7) is 0. The molecule has 0 bridgehead atoms. The summed E-state index contributed by atoms with van der Waals surface area (Å²) in [5.41, 5.74) is 0. The Morgan fingerprint density at radius 3 is 1.29 bits per heavy atom. The summed E-state index contributed by atoms with van der Waals surface area (Å²) in [6, 6.07) is 7.16. The van der Waals surface area contributed by atoms with E-state index in [4.69, 9.17) is 42.0 Å². The number of hydrogen-bond acceptors (Lipinski definition) is 2. The summed E-state index contributed by atoms with van der Waals surface area (Å²) in [6.07, 6.45) is 6.57. The summed E-state index contributed by atoms with van der Waals surface area (Å²) in [5, 5.41) is 1.37. The third-order valence-corrected chi connectivity index (χ3v) is 1.70. The molecule has 2 aromatic heterocycles. The fourth-order valence-corrected chi connectivity index (χ4v) is 0.942. The van der Waals surface area contributed by atoms with E-state index in [0.717, 1.165) is 0 Å². The number of hydrogen-bond donors (Lipinski definition) is 0. The van der Waals surface area contributed by atoms with E-state index in [1.54, 1.807) is 49.1 Å². The zero-order chi connectivity index (χ0) is 12.9. The van der Waals surface area contributed by atoms with Crippen molar-refractivity contribution in [3.8, 4) is 0 Å². The molecule has 0 radical (unpaired) electrons. The first-order chi connectivity index (χ1) is 8.20. The molecule has 96 valence electrons. The van der Waals surface area contributed by atoms with Crippen molar-refractivity contribution in [3.05, 3.63) is 59.1 Å². The van der Waals surface area contributed by atoms with E-state index in [0.29, 0.717) is 10.0 Å². The molecule has 7 heteroatoms. The molecule has 0 saturated carbocycles. The third kappa shape index (κ3) is 12.4. The molecule has 2 nitrogen and oxygen atoms in total. The van der Waals surface area contributed by atoms with Gasteiger partial charge in [0.05, 0.1) is 10.0 Å². The predicted octanol–water partition coefficient (Wildman–Crippen LogP) is 4.85. The predicted molar refractivity (Wildman–Crippen MR) is 70.2 cm³/mol. The maximum absolute atomic E-state index is 5.48. The summed E-state index contributed by atoms with van der Waals surface area (Å²) in [4.78, 5) is 7.50. The van der Waals surface area contributed by atoms with Crippen LogP contribution in [-0.2, 0) is 16.5 Å². The van der Waals surface area contributed by atoms with Crippen LogP contribution in [0.2, 0.25) is 10.0 Å². The fourth-order valence-electron chi connectivity index (χ4n) is 0.684. The van der Waals surface area contributed by atoms with Gasteiger partial charge >= 0.3 is 35.3 Å². The monoisotopic (exact) mass is 491 g/mol. The van der Waals surface area contributed by atoms with Gasteiger partial charge in [0.25, 0.3) is 0 Å². The van der Waals surface area contributed by atoms with Crippen molar-refractivity contribution in [2.45, 2.75) is 0 Å². The van der Waals surface area contributed by atoms with E-state index in [1.165, 1.54) is 0 Å². The second kappa shape index (κ2) is 12.6. The Morgan fingerprint density at radius 2 is 1.18 bits per heavy atom. The molecule has 0 aliphatic rings. The van der Waals surface area contributed by atoms with Crippen molar-refractivity contribution in [2.24, 2.45) is 0 Å². The van der Waals surface area contributed by atoms with Gasteiger partial charge in [-0.25, -0.2) is 0 Å². The Labute approximate surface area is 127 Å². The van der Waals surface area contributed by atoms with Crippen molar-refractivity contribution in [1.82, 2.24) is 9.97 Å². The number of aromatic nitrogens is 2. The molecule has 2 aromatic rings. The molecule has 17 heavy (non-hydrogen) atoms. The summed E-state index contributed by atoms with van der Waals surface area (Å²) >= 11 is 10.5. The average Bonchev–Trinajstić information content (AvgIpc) is 2.33. The third-order valence-electron chi connectivity index (χ3n) is 1.25. The number of halogens is 4. The number of nitrogens with zero attached hydrogens (tertiary/aromatic N) is 2. The summed E-state index contributed by atoms with van der Waals surface area (Å²) < 4.78 is 0. The zero-order valence-electron chi connectivity index (χ0n) is 8.34. The number of rotatable bonds is 0. The molecule has 0 aliphatic carbocycles. The molecule has 2 heterocycles. The second-order valence-electron chi connectivity index (χ2n) is 2.39. The average molecular weight is 493 g/mol. The molecule has 0 unspecified atom stereocenters. The van der Waals surface area contributed by atoms with Crippen molar-refractivity contribution in [1.29, 1.82) is 0 Å². The van der Waals surface area contributed by atoms with Gasteiger partial charge in [0.2, 0.25) is 0 Å². The molecular weight excluding hydrogens is 485 g/mol. The SMILES string of the molecule is Clc1cccnc1.Clc1cccnc1.[Cl][Pt][Cl]. The minimum atomic E-state index is -0.472. The van der Waals surface area contributed by atoms with Crippen LogP contribution in [0.25, 0.3) is 0 Å². The Bertz CT molecular complexity index is 337. The Morgan fingerprint density at radius 1 is 0.824 bits per heavy atom. The van der Waals surface area contributed by atoms with Gasteiger partial charge in [-0.05, 0) is 24.3 Å². The Kier molecular flexibility index (Phi) is 12.7. The standard InChI is InChI=1S/2C5H4ClN.2ClH.Pt/c2*6-5-2-1-3-7-4-5;;;/h2*1-4H;2*1H;/q;;;;+2/p-2. The Balaban J connectivity index is 0.000000247. The van der Waals surface area contributed by atoms with Crippen LogP contribution < -0.4 is 0 Å². The van der Waals surface area contributed by atoms with Gasteiger partial charge < -0.3 is 0 Å². The second-order valence-corrected chi connectivity index (χ2v) is 6.54. The molecule has 2 rings (SSSR count). The normalized spacial score (nSPS) is 8.47. The van der Waals surface area contributed by atoms with Crippen LogP contribution in [0.5, 0.6) is 0 Å². The van der Waals surface area contributed by atoms with E-state index in [9.17, 15) is 0 Å². The molecule has 0 atom stereocenters. The van der Waals surface area contributed by atoms with Crippen molar-refractivity contribution >= 4 is 42.0 Å². The van der Waals surface area contributed by atoms with Crippen molar-refractivity contribution in [2.75, 3.05) is 0 Å². The minimum absolute atomic E-state index is 0.472. The molecule has 0 amide bonds. The van der Waals surface area contributed by atoms with Gasteiger partial charge in [0.1, 0.15) is 0 Å². The van der Waals surface area contributed by atoms with Crippen molar-refractivity contribution in [3.63, 3.8) is 0 Å². The van der Waals surface area contributed by atoms with Crippen LogP contribution in [-0.4, -0.2) is 9.97 Å². The van der Waals surface area contributed by atoms with E-state index in [2.05, 4.69) is 9.97 Å². The quantitative estimate of drug-likeness (QED) is 0.525. The van der Waals surface area contributed by atoms with Crippen LogP contribution in [0.3, 0.4) is 0 Å². The van der Waals surface area contributed by atoms with Gasteiger partial charge in [0.15, 0.2) is 0 Å². The van der Waals surface area contributed by atoms with Gasteiger partial charge in [0, 0.05) is 24.8 Å². The van der Waals surface area contributed by atoms with Crippen LogP contribution in [0.4, 0.5) is 0 Å². The van der Waals surface area contributed by atoms with Gasteiger partial charge in [-0.15, -0.1) is 0 Å². The zero-order valence-corrected chi connectivity index (χ0v) is 13.6. The summed E-state index contributed by atoms with van der Waals surface area (Å²) in [7, 11) is 9.75. The first-order valence-corrected chi connectivity index (χ1v) is 10.5. The molecular formula is C10H8Cl4N2Pt. The van der Waals surface area contributed by atoms with Gasteiger partial charge in [-0.3, -0.25) is 9.97 Å².